The van der Waals surface area contributed by atoms with Gasteiger partial charge in [-0.05, 0) is 6.92 Å². The normalized spacial score (nSPS) is 21.1. The summed E-state index contributed by atoms with van der Waals surface area (Å²) in [6.45, 7) is 10.5. The smallest absolute Gasteiger partial charge is 0.276 e. The average molecular weight is 251 g/mol. The first-order valence-electron chi connectivity index (χ1n) is 6.38. The van der Waals surface area contributed by atoms with Crippen molar-refractivity contribution < 1.29 is 9.32 Å². The Bertz CT molecular complexity index is 434. The predicted octanol–water partition coefficient (Wildman–Crippen LogP) is 1.41. The first kappa shape index (κ1) is 13.1. The number of hydrogen-bond acceptors (Lipinski definition) is 4. The van der Waals surface area contributed by atoms with E-state index in [-0.39, 0.29) is 17.4 Å². The van der Waals surface area contributed by atoms with E-state index in [2.05, 4.69) is 10.5 Å². The molecule has 0 aliphatic carbocycles. The van der Waals surface area contributed by atoms with Crippen molar-refractivity contribution in [2.45, 2.75) is 39.2 Å². The molecular formula is C13H21N3O2. The molecule has 1 aliphatic heterocycles. The van der Waals surface area contributed by atoms with Gasteiger partial charge >= 0.3 is 0 Å². The monoisotopic (exact) mass is 251 g/mol. The number of amides is 1. The highest BCUT2D eigenvalue weighted by atomic mass is 16.5. The number of hydrogen-bond donors (Lipinski definition) is 1. The zero-order valence-corrected chi connectivity index (χ0v) is 11.5. The van der Waals surface area contributed by atoms with Crippen molar-refractivity contribution in [3.8, 4) is 0 Å². The molecule has 5 nitrogen and oxygen atoms in total. The van der Waals surface area contributed by atoms with E-state index in [4.69, 9.17) is 4.52 Å². The van der Waals surface area contributed by atoms with Crippen LogP contribution in [0.2, 0.25) is 0 Å². The molecule has 0 unspecified atom stereocenters. The van der Waals surface area contributed by atoms with Gasteiger partial charge in [0.25, 0.3) is 5.91 Å². The molecule has 1 aromatic rings. The van der Waals surface area contributed by atoms with Crippen LogP contribution >= 0.6 is 0 Å². The largest absolute Gasteiger partial charge is 0.360 e. The average Bonchev–Trinajstić information content (AvgIpc) is 2.77. The van der Waals surface area contributed by atoms with E-state index in [1.807, 2.05) is 32.6 Å². The van der Waals surface area contributed by atoms with Crippen molar-refractivity contribution in [2.24, 2.45) is 0 Å². The van der Waals surface area contributed by atoms with E-state index in [1.165, 1.54) is 0 Å². The Balaban J connectivity index is 2.16. The van der Waals surface area contributed by atoms with Crippen molar-refractivity contribution in [1.82, 2.24) is 15.4 Å². The van der Waals surface area contributed by atoms with E-state index in [0.717, 1.165) is 25.4 Å². The summed E-state index contributed by atoms with van der Waals surface area (Å²) in [7, 11) is 0. The second kappa shape index (κ2) is 4.72. The van der Waals surface area contributed by atoms with E-state index in [0.29, 0.717) is 5.69 Å². The maximum Gasteiger partial charge on any atom is 0.276 e. The lowest BCUT2D eigenvalue weighted by molar-refractivity contribution is 0.0645. The van der Waals surface area contributed by atoms with Gasteiger partial charge in [0, 0.05) is 37.2 Å². The second-order valence-electron chi connectivity index (χ2n) is 5.88. The van der Waals surface area contributed by atoms with Gasteiger partial charge in [0.05, 0.1) is 0 Å². The van der Waals surface area contributed by atoms with Gasteiger partial charge in [-0.15, -0.1) is 0 Å². The van der Waals surface area contributed by atoms with Crippen LogP contribution in [-0.4, -0.2) is 41.6 Å². The van der Waals surface area contributed by atoms with E-state index < -0.39 is 0 Å². The van der Waals surface area contributed by atoms with Crippen molar-refractivity contribution in [1.29, 1.82) is 0 Å². The number of carbonyl (C=O) groups excluding carboxylic acids is 1. The zero-order valence-electron chi connectivity index (χ0n) is 11.5. The lowest BCUT2D eigenvalue weighted by Gasteiger charge is -2.33. The minimum atomic E-state index is -0.124. The molecule has 0 radical (unpaired) electrons. The van der Waals surface area contributed by atoms with Crippen molar-refractivity contribution in [3.05, 3.63) is 17.5 Å². The van der Waals surface area contributed by atoms with Crippen LogP contribution in [0.4, 0.5) is 0 Å². The summed E-state index contributed by atoms with van der Waals surface area (Å²) in [5.74, 6) is 0.705. The van der Waals surface area contributed by atoms with Gasteiger partial charge in [0.15, 0.2) is 5.69 Å². The molecule has 0 bridgehead atoms. The van der Waals surface area contributed by atoms with Crippen LogP contribution in [0, 0.1) is 0 Å². The lowest BCUT2D eigenvalue weighted by Crippen LogP contribution is -2.52. The quantitative estimate of drug-likeness (QED) is 0.819. The molecule has 18 heavy (non-hydrogen) atoms. The van der Waals surface area contributed by atoms with Crippen molar-refractivity contribution >= 4 is 5.91 Å². The van der Waals surface area contributed by atoms with Crippen LogP contribution in [0.3, 0.4) is 0 Å². The maximum absolute atomic E-state index is 12.3. The molecular weight excluding hydrogens is 230 g/mol. The van der Waals surface area contributed by atoms with Crippen molar-refractivity contribution in [3.63, 3.8) is 0 Å². The highest BCUT2D eigenvalue weighted by Gasteiger charge is 2.28. The summed E-state index contributed by atoms with van der Waals surface area (Å²) in [6.07, 6.45) is 0. The van der Waals surface area contributed by atoms with Gasteiger partial charge in [-0.25, -0.2) is 0 Å². The molecule has 1 atom stereocenters. The summed E-state index contributed by atoms with van der Waals surface area (Å²) in [5.41, 5.74) is 0.286. The van der Waals surface area contributed by atoms with Gasteiger partial charge < -0.3 is 14.7 Å². The Labute approximate surface area is 108 Å². The van der Waals surface area contributed by atoms with Gasteiger partial charge in [-0.1, -0.05) is 25.9 Å². The molecule has 0 aromatic carbocycles. The van der Waals surface area contributed by atoms with Crippen LogP contribution in [0.1, 0.15) is 43.9 Å². The zero-order chi connectivity index (χ0) is 13.3. The van der Waals surface area contributed by atoms with E-state index >= 15 is 0 Å². The standard InChI is InChI=1S/C13H21N3O2/c1-9-8-14-5-6-16(9)12(17)10-7-11(18-15-10)13(2,3)4/h7,9,14H,5-6,8H2,1-4H3/t9-/m1/s1. The minimum absolute atomic E-state index is 0.0387. The topological polar surface area (TPSA) is 58.4 Å². The Hall–Kier alpha value is -1.36. The van der Waals surface area contributed by atoms with Crippen LogP contribution in [0.25, 0.3) is 0 Å². The molecule has 1 aromatic heterocycles. The summed E-state index contributed by atoms with van der Waals surface area (Å²) in [5, 5.41) is 7.17. The number of carbonyl (C=O) groups is 1. The van der Waals surface area contributed by atoms with Gasteiger partial charge in [-0.3, -0.25) is 4.79 Å². The first-order chi connectivity index (χ1) is 8.39. The number of rotatable bonds is 1. The fourth-order valence-corrected chi connectivity index (χ4v) is 2.02. The van der Waals surface area contributed by atoms with Crippen LogP contribution in [0.15, 0.2) is 10.6 Å². The number of aromatic nitrogens is 1. The SMILES string of the molecule is C[C@@H]1CNCCN1C(=O)c1cc(C(C)(C)C)on1. The molecule has 0 spiro atoms. The molecule has 1 N–H and O–H groups in total. The molecule has 0 saturated carbocycles. The maximum atomic E-state index is 12.3. The molecule has 2 rings (SSSR count). The lowest BCUT2D eigenvalue weighted by atomic mass is 9.93. The molecule has 100 valence electrons. The fourth-order valence-electron chi connectivity index (χ4n) is 2.02. The first-order valence-corrected chi connectivity index (χ1v) is 6.38. The van der Waals surface area contributed by atoms with Crippen LogP contribution in [-0.2, 0) is 5.41 Å². The third kappa shape index (κ3) is 2.56. The predicted molar refractivity (Wildman–Crippen MR) is 68.6 cm³/mol. The summed E-state index contributed by atoms with van der Waals surface area (Å²) in [6, 6.07) is 1.96. The number of nitrogens with one attached hydrogen (secondary N) is 1. The molecule has 1 saturated heterocycles. The van der Waals surface area contributed by atoms with Gasteiger partial charge in [-0.2, -0.15) is 0 Å². The Morgan fingerprint density at radius 2 is 2.28 bits per heavy atom. The number of piperazine rings is 1. The van der Waals surface area contributed by atoms with Gasteiger partial charge in [0.2, 0.25) is 0 Å². The molecule has 2 heterocycles. The van der Waals surface area contributed by atoms with Gasteiger partial charge in [0.1, 0.15) is 5.76 Å². The molecule has 1 fully saturated rings. The number of nitrogens with zero attached hydrogens (tertiary/aromatic N) is 2. The Kier molecular flexibility index (Phi) is 3.43. The molecule has 1 amide bonds. The summed E-state index contributed by atoms with van der Waals surface area (Å²) >= 11 is 0. The van der Waals surface area contributed by atoms with Crippen molar-refractivity contribution in [2.75, 3.05) is 19.6 Å². The second-order valence-corrected chi connectivity index (χ2v) is 5.88. The van der Waals surface area contributed by atoms with Crippen LogP contribution in [0.5, 0.6) is 0 Å². The highest BCUT2D eigenvalue weighted by Crippen LogP contribution is 2.23. The molecule has 1 aliphatic rings. The van der Waals surface area contributed by atoms with E-state index in [9.17, 15) is 4.79 Å². The molecule has 5 heteroatoms. The Morgan fingerprint density at radius 3 is 2.83 bits per heavy atom. The summed E-state index contributed by atoms with van der Waals surface area (Å²) < 4.78 is 5.26. The summed E-state index contributed by atoms with van der Waals surface area (Å²) in [4.78, 5) is 14.2. The third-order valence-electron chi connectivity index (χ3n) is 3.23. The fraction of sp³-hybridized carbons (Fsp3) is 0.692. The minimum Gasteiger partial charge on any atom is -0.360 e. The Morgan fingerprint density at radius 1 is 1.56 bits per heavy atom. The highest BCUT2D eigenvalue weighted by molar-refractivity contribution is 5.92. The third-order valence-corrected chi connectivity index (χ3v) is 3.23. The van der Waals surface area contributed by atoms with Crippen LogP contribution < -0.4 is 5.32 Å². The van der Waals surface area contributed by atoms with E-state index in [1.54, 1.807) is 6.07 Å².